The van der Waals surface area contributed by atoms with Gasteiger partial charge < -0.3 is 16.2 Å². The lowest BCUT2D eigenvalue weighted by Crippen LogP contribution is -2.35. The van der Waals surface area contributed by atoms with Crippen LogP contribution in [-0.2, 0) is 22.4 Å². The zero-order valence-electron chi connectivity index (χ0n) is 13.5. The predicted octanol–water partition coefficient (Wildman–Crippen LogP) is 1.63. The lowest BCUT2D eigenvalue weighted by atomic mass is 10.1. The van der Waals surface area contributed by atoms with Gasteiger partial charge in [0, 0.05) is 6.42 Å². The maximum atomic E-state index is 11.4. The van der Waals surface area contributed by atoms with Crippen LogP contribution in [0.25, 0.3) is 0 Å². The highest BCUT2D eigenvalue weighted by molar-refractivity contribution is 5.93. The van der Waals surface area contributed by atoms with Crippen LogP contribution >= 0.6 is 0 Å². The molecule has 0 fully saturated rings. The number of nitrogens with two attached hydrogens (primary N) is 2. The summed E-state index contributed by atoms with van der Waals surface area (Å²) in [7, 11) is 0. The number of nitrogens with one attached hydrogen (secondary N) is 1. The number of rotatable bonds is 7. The van der Waals surface area contributed by atoms with Gasteiger partial charge in [0.2, 0.25) is 11.8 Å². The van der Waals surface area contributed by atoms with Gasteiger partial charge in [0.25, 0.3) is 0 Å². The largest absolute Gasteiger partial charge is 0.457 e. The summed E-state index contributed by atoms with van der Waals surface area (Å²) >= 11 is 0. The molecule has 7 heteroatoms. The number of imide groups is 1. The highest BCUT2D eigenvalue weighted by atomic mass is 16.5. The van der Waals surface area contributed by atoms with Crippen molar-refractivity contribution in [1.82, 2.24) is 5.32 Å². The molecule has 7 nitrogen and oxygen atoms in total. The van der Waals surface area contributed by atoms with Gasteiger partial charge in [-0.25, -0.2) is 4.79 Å². The van der Waals surface area contributed by atoms with Gasteiger partial charge in [-0.3, -0.25) is 14.9 Å². The first kappa shape index (κ1) is 18.0. The molecule has 0 heterocycles. The van der Waals surface area contributed by atoms with Gasteiger partial charge in [-0.15, -0.1) is 0 Å². The first-order valence-electron chi connectivity index (χ1n) is 7.65. The SMILES string of the molecule is NC(=O)Cc1ccc(Oc2ccc(CCC(=O)NC(N)=O)cc2)cc1. The first-order valence-corrected chi connectivity index (χ1v) is 7.65. The number of hydrogen-bond donors (Lipinski definition) is 3. The average molecular weight is 341 g/mol. The van der Waals surface area contributed by atoms with E-state index in [9.17, 15) is 14.4 Å². The van der Waals surface area contributed by atoms with Gasteiger partial charge >= 0.3 is 6.03 Å². The van der Waals surface area contributed by atoms with Crippen LogP contribution in [0.5, 0.6) is 11.5 Å². The molecule has 2 rings (SSSR count). The third-order valence-electron chi connectivity index (χ3n) is 3.36. The molecule has 2 aromatic rings. The van der Waals surface area contributed by atoms with Crippen LogP contribution in [0, 0.1) is 0 Å². The number of carbonyl (C=O) groups excluding carboxylic acids is 3. The summed E-state index contributed by atoms with van der Waals surface area (Å²) in [5, 5.41) is 2.02. The molecule has 0 aliphatic carbocycles. The fourth-order valence-electron chi connectivity index (χ4n) is 2.19. The van der Waals surface area contributed by atoms with E-state index in [-0.39, 0.29) is 18.7 Å². The molecule has 0 aromatic heterocycles. The molecular weight excluding hydrogens is 322 g/mol. The van der Waals surface area contributed by atoms with E-state index in [0.717, 1.165) is 11.1 Å². The Labute approximate surface area is 145 Å². The van der Waals surface area contributed by atoms with E-state index in [4.69, 9.17) is 16.2 Å². The maximum Gasteiger partial charge on any atom is 0.318 e. The van der Waals surface area contributed by atoms with E-state index in [1.54, 1.807) is 36.4 Å². The summed E-state index contributed by atoms with van der Waals surface area (Å²) in [5.74, 6) is 0.493. The van der Waals surface area contributed by atoms with E-state index in [1.807, 2.05) is 17.4 Å². The van der Waals surface area contributed by atoms with Gasteiger partial charge in [-0.2, -0.15) is 0 Å². The van der Waals surface area contributed by atoms with Crippen molar-refractivity contribution in [3.8, 4) is 11.5 Å². The topological polar surface area (TPSA) is 125 Å². The molecule has 0 saturated carbocycles. The average Bonchev–Trinajstić information content (AvgIpc) is 2.55. The second-order valence-corrected chi connectivity index (χ2v) is 5.45. The van der Waals surface area contributed by atoms with Crippen LogP contribution in [0.3, 0.4) is 0 Å². The fraction of sp³-hybridized carbons (Fsp3) is 0.167. The molecule has 0 aliphatic rings. The molecule has 0 radical (unpaired) electrons. The van der Waals surface area contributed by atoms with Crippen molar-refractivity contribution in [3.05, 3.63) is 59.7 Å². The van der Waals surface area contributed by atoms with Crippen LogP contribution in [0.1, 0.15) is 17.5 Å². The van der Waals surface area contributed by atoms with Gasteiger partial charge in [-0.1, -0.05) is 24.3 Å². The summed E-state index contributed by atoms with van der Waals surface area (Å²) in [6.45, 7) is 0. The zero-order chi connectivity index (χ0) is 18.2. The Bertz CT molecular complexity index is 755. The minimum Gasteiger partial charge on any atom is -0.457 e. The molecule has 0 aliphatic heterocycles. The summed E-state index contributed by atoms with van der Waals surface area (Å²) in [6, 6.07) is 13.5. The van der Waals surface area contributed by atoms with Crippen molar-refractivity contribution in [1.29, 1.82) is 0 Å². The highest BCUT2D eigenvalue weighted by Crippen LogP contribution is 2.22. The number of aryl methyl sites for hydroxylation is 1. The Morgan fingerprint density at radius 2 is 1.36 bits per heavy atom. The Morgan fingerprint density at radius 3 is 1.84 bits per heavy atom. The second kappa shape index (κ2) is 8.49. The summed E-state index contributed by atoms with van der Waals surface area (Å²) in [5.41, 5.74) is 11.8. The standard InChI is InChI=1S/C18H19N3O4/c19-16(22)11-13-3-8-15(9-4-13)25-14-6-1-12(2-7-14)5-10-17(23)21-18(20)24/h1-4,6-9H,5,10-11H2,(H2,19,22)(H3,20,21,23,24). The molecular formula is C18H19N3O4. The fourth-order valence-corrected chi connectivity index (χ4v) is 2.19. The lowest BCUT2D eigenvalue weighted by Gasteiger charge is -2.08. The van der Waals surface area contributed by atoms with Crippen molar-refractivity contribution in [2.45, 2.75) is 19.3 Å². The molecule has 0 atom stereocenters. The van der Waals surface area contributed by atoms with Crippen molar-refractivity contribution < 1.29 is 19.1 Å². The lowest BCUT2D eigenvalue weighted by molar-refractivity contribution is -0.120. The van der Waals surface area contributed by atoms with Crippen molar-refractivity contribution in [2.24, 2.45) is 11.5 Å². The van der Waals surface area contributed by atoms with Gasteiger partial charge in [-0.05, 0) is 41.8 Å². The monoisotopic (exact) mass is 341 g/mol. The number of hydrogen-bond acceptors (Lipinski definition) is 4. The summed E-state index contributed by atoms with van der Waals surface area (Å²) < 4.78 is 5.71. The first-order chi connectivity index (χ1) is 11.9. The van der Waals surface area contributed by atoms with Crippen molar-refractivity contribution in [3.63, 3.8) is 0 Å². The number of primary amides is 2. The highest BCUT2D eigenvalue weighted by Gasteiger charge is 2.05. The molecule has 130 valence electrons. The van der Waals surface area contributed by atoms with Gasteiger partial charge in [0.15, 0.2) is 0 Å². The number of ether oxygens (including phenoxy) is 1. The van der Waals surface area contributed by atoms with Crippen LogP contribution in [0.4, 0.5) is 4.79 Å². The van der Waals surface area contributed by atoms with E-state index in [0.29, 0.717) is 17.9 Å². The molecule has 2 aromatic carbocycles. The normalized spacial score (nSPS) is 10.1. The Balaban J connectivity index is 1.88. The summed E-state index contributed by atoms with van der Waals surface area (Å²) in [6.07, 6.45) is 0.851. The van der Waals surface area contributed by atoms with Crippen molar-refractivity contribution >= 4 is 17.8 Å². The van der Waals surface area contributed by atoms with E-state index >= 15 is 0 Å². The maximum absolute atomic E-state index is 11.4. The molecule has 25 heavy (non-hydrogen) atoms. The zero-order valence-corrected chi connectivity index (χ0v) is 13.5. The number of benzene rings is 2. The van der Waals surface area contributed by atoms with Crippen LogP contribution in [0.2, 0.25) is 0 Å². The Hall–Kier alpha value is -3.35. The van der Waals surface area contributed by atoms with E-state index < -0.39 is 11.9 Å². The summed E-state index contributed by atoms with van der Waals surface area (Å²) in [4.78, 5) is 32.8. The molecule has 5 N–H and O–H groups in total. The van der Waals surface area contributed by atoms with Crippen LogP contribution < -0.4 is 21.5 Å². The van der Waals surface area contributed by atoms with E-state index in [1.165, 1.54) is 0 Å². The third kappa shape index (κ3) is 6.34. The quantitative estimate of drug-likeness (QED) is 0.708. The number of amides is 4. The Kier molecular flexibility index (Phi) is 6.11. The molecule has 0 spiro atoms. The molecule has 0 bridgehead atoms. The Morgan fingerprint density at radius 1 is 0.840 bits per heavy atom. The molecule has 0 saturated heterocycles. The van der Waals surface area contributed by atoms with E-state index in [2.05, 4.69) is 0 Å². The second-order valence-electron chi connectivity index (χ2n) is 5.45. The van der Waals surface area contributed by atoms with Gasteiger partial charge in [0.05, 0.1) is 6.42 Å². The minimum atomic E-state index is -0.851. The molecule has 4 amide bonds. The van der Waals surface area contributed by atoms with Crippen LogP contribution in [-0.4, -0.2) is 17.8 Å². The van der Waals surface area contributed by atoms with Gasteiger partial charge in [0.1, 0.15) is 11.5 Å². The third-order valence-corrected chi connectivity index (χ3v) is 3.36. The van der Waals surface area contributed by atoms with Crippen LogP contribution in [0.15, 0.2) is 48.5 Å². The predicted molar refractivity (Wildman–Crippen MR) is 91.9 cm³/mol. The van der Waals surface area contributed by atoms with Crippen molar-refractivity contribution in [2.75, 3.05) is 0 Å². The number of urea groups is 1. The minimum absolute atomic E-state index is 0.171. The smallest absolute Gasteiger partial charge is 0.318 e. The number of carbonyl (C=O) groups is 3. The molecule has 0 unspecified atom stereocenters.